The van der Waals surface area contributed by atoms with Crippen LogP contribution in [-0.2, 0) is 4.74 Å². The summed E-state index contributed by atoms with van der Waals surface area (Å²) in [6, 6.07) is 17.2. The van der Waals surface area contributed by atoms with E-state index in [0.29, 0.717) is 17.4 Å². The van der Waals surface area contributed by atoms with Crippen molar-refractivity contribution in [3.8, 4) is 5.75 Å². The first-order valence-corrected chi connectivity index (χ1v) is 11.2. The highest BCUT2D eigenvalue weighted by Gasteiger charge is 2.44. The highest BCUT2D eigenvalue weighted by Crippen LogP contribution is 2.43. The average molecular weight is 429 g/mol. The molecule has 5 atom stereocenters. The number of rotatable bonds is 6. The second kappa shape index (κ2) is 8.75. The van der Waals surface area contributed by atoms with Crippen LogP contribution in [0, 0.1) is 11.8 Å². The normalized spacial score (nSPS) is 25.3. The molecule has 0 saturated carbocycles. The van der Waals surface area contributed by atoms with Gasteiger partial charge in [0.25, 0.3) is 0 Å². The molecule has 1 aromatic heterocycles. The third kappa shape index (κ3) is 3.78. The lowest BCUT2D eigenvalue weighted by Crippen LogP contribution is -2.55. The van der Waals surface area contributed by atoms with E-state index in [9.17, 15) is 4.79 Å². The fourth-order valence-corrected chi connectivity index (χ4v) is 5.32. The summed E-state index contributed by atoms with van der Waals surface area (Å²) in [5.74, 6) is 1.53. The lowest BCUT2D eigenvalue weighted by atomic mass is 9.73. The first-order valence-electron chi connectivity index (χ1n) is 11.2. The minimum atomic E-state index is -0.395. The maximum absolute atomic E-state index is 13.2. The molecule has 3 aliphatic heterocycles. The van der Waals surface area contributed by atoms with Gasteiger partial charge >= 0.3 is 5.97 Å². The van der Waals surface area contributed by atoms with Gasteiger partial charge in [-0.15, -0.1) is 6.58 Å². The Hall–Kier alpha value is -3.18. The summed E-state index contributed by atoms with van der Waals surface area (Å²) in [6.45, 7) is 6.03. The summed E-state index contributed by atoms with van der Waals surface area (Å²) in [5, 5.41) is 0.959. The van der Waals surface area contributed by atoms with Gasteiger partial charge in [0.05, 0.1) is 24.2 Å². The van der Waals surface area contributed by atoms with Gasteiger partial charge < -0.3 is 9.47 Å². The number of fused-ring (bicyclic) bond motifs is 4. The lowest BCUT2D eigenvalue weighted by Gasteiger charge is -2.51. The molecule has 1 unspecified atom stereocenters. The molecule has 2 bridgehead atoms. The number of ether oxygens (including phenoxy) is 2. The summed E-state index contributed by atoms with van der Waals surface area (Å²) in [5.41, 5.74) is 2.41. The van der Waals surface area contributed by atoms with Gasteiger partial charge in [0.2, 0.25) is 0 Å². The molecule has 0 radical (unpaired) electrons. The highest BCUT2D eigenvalue weighted by molar-refractivity contribution is 5.90. The van der Waals surface area contributed by atoms with Crippen LogP contribution in [-0.4, -0.2) is 42.1 Å². The number of esters is 1. The van der Waals surface area contributed by atoms with Crippen molar-refractivity contribution in [2.24, 2.45) is 11.8 Å². The molecule has 164 valence electrons. The zero-order valence-corrected chi connectivity index (χ0v) is 18.3. The number of carbonyl (C=O) groups excluding carboxylic acids is 1. The van der Waals surface area contributed by atoms with Gasteiger partial charge in [-0.3, -0.25) is 9.88 Å². The fourth-order valence-electron chi connectivity index (χ4n) is 5.32. The second-order valence-electron chi connectivity index (χ2n) is 8.72. The Balaban J connectivity index is 1.57. The number of carbonyl (C=O) groups is 1. The SMILES string of the molecule is C=C[C@H]1CN2CC[C@@H]1C[C@H]2[C@H](OC(=O)c1ccccc1)c1ccnc2ccc(OC)cc12. The van der Waals surface area contributed by atoms with E-state index in [4.69, 9.17) is 9.47 Å². The molecule has 0 spiro atoms. The van der Waals surface area contributed by atoms with E-state index in [0.717, 1.165) is 48.1 Å². The third-order valence-corrected chi connectivity index (χ3v) is 7.04. The van der Waals surface area contributed by atoms with Crippen molar-refractivity contribution in [3.63, 3.8) is 0 Å². The first kappa shape index (κ1) is 20.7. The topological polar surface area (TPSA) is 51.7 Å². The standard InChI is InChI=1S/C27H28N2O3/c1-3-18-17-29-14-12-20(18)15-25(29)26(32-27(30)19-7-5-4-6-8-19)22-11-13-28-24-10-9-21(31-2)16-23(22)24/h3-11,13,16,18,20,25-26H,1,12,14-15,17H2,2H3/t18-,20+,25-,26+/m0/s1. The Kier molecular flexibility index (Phi) is 5.66. The summed E-state index contributed by atoms with van der Waals surface area (Å²) >= 11 is 0. The van der Waals surface area contributed by atoms with Crippen LogP contribution in [0.4, 0.5) is 0 Å². The van der Waals surface area contributed by atoms with Crippen LogP contribution in [0.3, 0.4) is 0 Å². The van der Waals surface area contributed by atoms with Gasteiger partial charge in [-0.2, -0.15) is 0 Å². The maximum atomic E-state index is 13.2. The van der Waals surface area contributed by atoms with E-state index in [-0.39, 0.29) is 12.0 Å². The zero-order valence-electron chi connectivity index (χ0n) is 18.3. The van der Waals surface area contributed by atoms with Crippen molar-refractivity contribution in [1.82, 2.24) is 9.88 Å². The molecule has 32 heavy (non-hydrogen) atoms. The molecule has 4 heterocycles. The number of aromatic nitrogens is 1. The summed E-state index contributed by atoms with van der Waals surface area (Å²) < 4.78 is 11.8. The predicted molar refractivity (Wildman–Crippen MR) is 125 cm³/mol. The molecule has 5 nitrogen and oxygen atoms in total. The van der Waals surface area contributed by atoms with Gasteiger partial charge in [0.1, 0.15) is 11.9 Å². The van der Waals surface area contributed by atoms with Gasteiger partial charge in [0.15, 0.2) is 0 Å². The summed E-state index contributed by atoms with van der Waals surface area (Å²) in [4.78, 5) is 20.2. The van der Waals surface area contributed by atoms with Crippen LogP contribution in [0.15, 0.2) is 73.4 Å². The fraction of sp³-hybridized carbons (Fsp3) is 0.333. The Morgan fingerprint density at radius 3 is 2.78 bits per heavy atom. The van der Waals surface area contributed by atoms with E-state index in [2.05, 4.69) is 22.5 Å². The molecule has 2 aromatic carbocycles. The van der Waals surface area contributed by atoms with Crippen LogP contribution in [0.1, 0.15) is 34.9 Å². The van der Waals surface area contributed by atoms with Gasteiger partial charge in [-0.1, -0.05) is 24.3 Å². The monoisotopic (exact) mass is 428 g/mol. The van der Waals surface area contributed by atoms with E-state index < -0.39 is 6.10 Å². The number of piperidine rings is 3. The minimum absolute atomic E-state index is 0.120. The van der Waals surface area contributed by atoms with Crippen molar-refractivity contribution < 1.29 is 14.3 Å². The van der Waals surface area contributed by atoms with Gasteiger partial charge in [-0.25, -0.2) is 4.79 Å². The number of nitrogens with zero attached hydrogens (tertiary/aromatic N) is 2. The molecular weight excluding hydrogens is 400 g/mol. The molecule has 0 N–H and O–H groups in total. The number of methoxy groups -OCH3 is 1. The molecule has 0 aliphatic carbocycles. The van der Waals surface area contributed by atoms with Crippen LogP contribution < -0.4 is 4.74 Å². The van der Waals surface area contributed by atoms with Crippen molar-refractivity contribution in [1.29, 1.82) is 0 Å². The molecular formula is C27H28N2O3. The number of benzene rings is 2. The van der Waals surface area contributed by atoms with Crippen molar-refractivity contribution in [3.05, 3.63) is 84.6 Å². The predicted octanol–water partition coefficient (Wildman–Crippen LogP) is 5.04. The highest BCUT2D eigenvalue weighted by atomic mass is 16.5. The molecule has 3 aromatic rings. The van der Waals surface area contributed by atoms with Crippen LogP contribution >= 0.6 is 0 Å². The van der Waals surface area contributed by atoms with Crippen molar-refractivity contribution in [2.45, 2.75) is 25.0 Å². The van der Waals surface area contributed by atoms with E-state index in [1.54, 1.807) is 25.4 Å². The molecule has 6 rings (SSSR count). The minimum Gasteiger partial charge on any atom is -0.497 e. The zero-order chi connectivity index (χ0) is 22.1. The van der Waals surface area contributed by atoms with Crippen molar-refractivity contribution in [2.75, 3.05) is 20.2 Å². The third-order valence-electron chi connectivity index (χ3n) is 7.04. The number of pyridine rings is 1. The Labute approximate surface area is 188 Å². The largest absolute Gasteiger partial charge is 0.497 e. The first-order chi connectivity index (χ1) is 15.7. The summed E-state index contributed by atoms with van der Waals surface area (Å²) in [6.07, 6.45) is 5.64. The Morgan fingerprint density at radius 1 is 1.22 bits per heavy atom. The Bertz CT molecular complexity index is 1130. The van der Waals surface area contributed by atoms with E-state index in [1.165, 1.54) is 0 Å². The summed E-state index contributed by atoms with van der Waals surface area (Å²) in [7, 11) is 1.66. The number of hydrogen-bond donors (Lipinski definition) is 0. The van der Waals surface area contributed by atoms with Crippen LogP contribution in [0.5, 0.6) is 5.75 Å². The van der Waals surface area contributed by atoms with E-state index >= 15 is 0 Å². The van der Waals surface area contributed by atoms with E-state index in [1.807, 2.05) is 42.5 Å². The molecule has 3 fully saturated rings. The molecule has 3 saturated heterocycles. The average Bonchev–Trinajstić information content (AvgIpc) is 2.87. The second-order valence-corrected chi connectivity index (χ2v) is 8.72. The maximum Gasteiger partial charge on any atom is 0.338 e. The van der Waals surface area contributed by atoms with Crippen molar-refractivity contribution >= 4 is 16.9 Å². The number of hydrogen-bond acceptors (Lipinski definition) is 5. The smallest absolute Gasteiger partial charge is 0.338 e. The lowest BCUT2D eigenvalue weighted by molar-refractivity contribution is -0.0568. The quantitative estimate of drug-likeness (QED) is 0.407. The Morgan fingerprint density at radius 2 is 2.06 bits per heavy atom. The molecule has 3 aliphatic rings. The van der Waals surface area contributed by atoms with Gasteiger partial charge in [0, 0.05) is 23.7 Å². The molecule has 0 amide bonds. The molecule has 5 heteroatoms. The van der Waals surface area contributed by atoms with Gasteiger partial charge in [-0.05, 0) is 67.6 Å². The van der Waals surface area contributed by atoms with Crippen LogP contribution in [0.2, 0.25) is 0 Å². The van der Waals surface area contributed by atoms with Crippen LogP contribution in [0.25, 0.3) is 10.9 Å².